The summed E-state index contributed by atoms with van der Waals surface area (Å²) in [6.07, 6.45) is 9.99. The molecule has 3 fully saturated rings. The monoisotopic (exact) mass is 442 g/mol. The van der Waals surface area contributed by atoms with Crippen LogP contribution < -0.4 is 4.74 Å². The smallest absolute Gasteiger partial charge is 0.330 e. The Morgan fingerprint density at radius 1 is 1.19 bits per heavy atom. The lowest BCUT2D eigenvalue weighted by molar-refractivity contribution is -0.176. The molecule has 3 nitrogen and oxygen atoms in total. The Labute approximate surface area is 191 Å². The maximum absolute atomic E-state index is 11.9. The number of hydrogen-bond acceptors (Lipinski definition) is 3. The minimum Gasteiger partial charge on any atom is -0.490 e. The van der Waals surface area contributed by atoms with E-state index in [-0.39, 0.29) is 23.6 Å². The van der Waals surface area contributed by atoms with Crippen molar-refractivity contribution in [2.24, 2.45) is 40.4 Å². The summed E-state index contributed by atoms with van der Waals surface area (Å²) in [7, 11) is 0. The number of benzene rings is 1. The minimum absolute atomic E-state index is 0.0204. The van der Waals surface area contributed by atoms with E-state index in [0.717, 1.165) is 17.2 Å². The quantitative estimate of drug-likeness (QED) is 0.489. The number of carbonyl (C=O) groups excluding carboxylic acids is 1. The zero-order chi connectivity index (χ0) is 22.0. The Morgan fingerprint density at radius 2 is 2.00 bits per heavy atom. The zero-order valence-corrected chi connectivity index (χ0v) is 19.9. The highest BCUT2D eigenvalue weighted by atomic mass is 35.5. The Morgan fingerprint density at radius 3 is 2.77 bits per heavy atom. The first-order valence-corrected chi connectivity index (χ1v) is 12.4. The van der Waals surface area contributed by atoms with Gasteiger partial charge in [0.25, 0.3) is 0 Å². The molecular formula is C27H35ClO3. The van der Waals surface area contributed by atoms with Gasteiger partial charge in [0.05, 0.1) is 6.10 Å². The normalized spacial score (nSPS) is 44.6. The van der Waals surface area contributed by atoms with Crippen molar-refractivity contribution < 1.29 is 14.3 Å². The Kier molecular flexibility index (Phi) is 5.20. The van der Waals surface area contributed by atoms with Crippen molar-refractivity contribution >= 4 is 17.6 Å². The van der Waals surface area contributed by atoms with E-state index in [9.17, 15) is 4.79 Å². The zero-order valence-electron chi connectivity index (χ0n) is 19.1. The average Bonchev–Trinajstić information content (AvgIpc) is 3.06. The molecule has 1 heterocycles. The summed E-state index contributed by atoms with van der Waals surface area (Å²) in [5, 5.41) is 0.723. The number of esters is 1. The van der Waals surface area contributed by atoms with Gasteiger partial charge in [-0.15, -0.1) is 0 Å². The van der Waals surface area contributed by atoms with E-state index < -0.39 is 0 Å². The first-order valence-electron chi connectivity index (χ1n) is 12.0. The second kappa shape index (κ2) is 7.54. The van der Waals surface area contributed by atoms with E-state index >= 15 is 0 Å². The van der Waals surface area contributed by atoms with Crippen molar-refractivity contribution in [3.8, 4) is 5.75 Å². The second-order valence-electron chi connectivity index (χ2n) is 11.1. The molecule has 3 aliphatic carbocycles. The van der Waals surface area contributed by atoms with Gasteiger partial charge in [0.15, 0.2) is 0 Å². The van der Waals surface area contributed by atoms with E-state index in [1.807, 2.05) is 24.3 Å². The lowest BCUT2D eigenvalue weighted by Gasteiger charge is -2.60. The maximum atomic E-state index is 11.9. The van der Waals surface area contributed by atoms with Crippen LogP contribution in [0.3, 0.4) is 0 Å². The molecule has 9 atom stereocenters. The van der Waals surface area contributed by atoms with Crippen LogP contribution in [0, 0.1) is 40.4 Å². The van der Waals surface area contributed by atoms with Crippen LogP contribution in [0.5, 0.6) is 5.75 Å². The molecule has 1 aliphatic heterocycles. The lowest BCUT2D eigenvalue weighted by Crippen LogP contribution is -2.58. The van der Waals surface area contributed by atoms with E-state index in [1.54, 1.807) is 6.08 Å². The molecule has 0 aromatic heterocycles. The average molecular weight is 443 g/mol. The van der Waals surface area contributed by atoms with Gasteiger partial charge in [-0.1, -0.05) is 44.5 Å². The number of rotatable bonds is 3. The highest BCUT2D eigenvalue weighted by Crippen LogP contribution is 2.67. The summed E-state index contributed by atoms with van der Waals surface area (Å²) in [6, 6.07) is 7.78. The lowest BCUT2D eigenvalue weighted by atomic mass is 9.46. The van der Waals surface area contributed by atoms with Crippen LogP contribution in [0.15, 0.2) is 36.4 Å². The molecule has 4 unspecified atom stereocenters. The molecule has 0 amide bonds. The molecule has 168 valence electrons. The van der Waals surface area contributed by atoms with Crippen molar-refractivity contribution in [1.82, 2.24) is 0 Å². The largest absolute Gasteiger partial charge is 0.490 e. The summed E-state index contributed by atoms with van der Waals surface area (Å²) < 4.78 is 12.2. The fourth-order valence-corrected chi connectivity index (χ4v) is 8.36. The van der Waals surface area contributed by atoms with Crippen LogP contribution in [0.1, 0.15) is 59.8 Å². The molecule has 0 bridgehead atoms. The van der Waals surface area contributed by atoms with Gasteiger partial charge in [-0.3, -0.25) is 0 Å². The highest BCUT2D eigenvalue weighted by Gasteiger charge is 2.62. The molecule has 0 radical (unpaired) electrons. The highest BCUT2D eigenvalue weighted by molar-refractivity contribution is 6.30. The molecule has 0 saturated heterocycles. The first kappa shape index (κ1) is 21.4. The molecule has 0 N–H and O–H groups in total. The molecular weight excluding hydrogens is 408 g/mol. The third-order valence-electron chi connectivity index (χ3n) is 9.66. The topological polar surface area (TPSA) is 35.5 Å². The van der Waals surface area contributed by atoms with Gasteiger partial charge in [0.2, 0.25) is 0 Å². The summed E-state index contributed by atoms with van der Waals surface area (Å²) in [4.78, 5) is 11.9. The van der Waals surface area contributed by atoms with Crippen molar-refractivity contribution in [2.45, 2.75) is 72.0 Å². The van der Waals surface area contributed by atoms with Crippen LogP contribution in [-0.2, 0) is 9.53 Å². The molecule has 3 saturated carbocycles. The Hall–Kier alpha value is -1.48. The standard InChI is InChI=1S/C27H35ClO3/c1-16-14-23-27(4,13-11-24(29)31-23)22-10-12-26(3)20(8-9-21(26)25(16)22)17(2)30-19-7-5-6-18(28)15-19/h5-7,11,13,15-17,20-23,25H,8-10,12,14H2,1-4H3/t16?,17?,20?,21-,22+,23?,25-,26+,27+/m0/s1. The predicted octanol–water partition coefficient (Wildman–Crippen LogP) is 6.69. The van der Waals surface area contributed by atoms with Crippen molar-refractivity contribution in [2.75, 3.05) is 0 Å². The second-order valence-corrected chi connectivity index (χ2v) is 11.6. The number of halogens is 1. The molecule has 4 aliphatic rings. The third kappa shape index (κ3) is 3.34. The van der Waals surface area contributed by atoms with Crippen LogP contribution in [0.2, 0.25) is 5.02 Å². The molecule has 0 spiro atoms. The fourth-order valence-electron chi connectivity index (χ4n) is 8.18. The number of ether oxygens (including phenoxy) is 2. The molecule has 31 heavy (non-hydrogen) atoms. The summed E-state index contributed by atoms with van der Waals surface area (Å²) in [5.74, 6) is 3.82. The number of fused-ring (bicyclic) bond motifs is 5. The third-order valence-corrected chi connectivity index (χ3v) is 9.90. The van der Waals surface area contributed by atoms with Gasteiger partial charge in [-0.2, -0.15) is 0 Å². The van der Waals surface area contributed by atoms with Crippen molar-refractivity contribution in [1.29, 1.82) is 0 Å². The van der Waals surface area contributed by atoms with E-state index in [0.29, 0.717) is 35.0 Å². The van der Waals surface area contributed by atoms with Gasteiger partial charge >= 0.3 is 5.97 Å². The SMILES string of the molecule is CC(Oc1cccc(Cl)c1)C1CC[C@H]2[C@@H]3C(C)CC4OC(=O)C=C[C@]4(C)[C@@H]3CC[C@]12C. The van der Waals surface area contributed by atoms with Gasteiger partial charge < -0.3 is 9.47 Å². The molecule has 5 rings (SSSR count). The van der Waals surface area contributed by atoms with Gasteiger partial charge in [-0.05, 0) is 86.3 Å². The van der Waals surface area contributed by atoms with E-state index in [2.05, 4.69) is 33.8 Å². The van der Waals surface area contributed by atoms with Crippen molar-refractivity contribution in [3.63, 3.8) is 0 Å². The van der Waals surface area contributed by atoms with E-state index in [4.69, 9.17) is 21.1 Å². The first-order chi connectivity index (χ1) is 14.7. The van der Waals surface area contributed by atoms with Crippen LogP contribution in [-0.4, -0.2) is 18.2 Å². The van der Waals surface area contributed by atoms with E-state index in [1.165, 1.54) is 25.7 Å². The van der Waals surface area contributed by atoms with Gasteiger partial charge in [0.1, 0.15) is 11.9 Å². The minimum atomic E-state index is -0.165. The molecule has 4 heteroatoms. The Bertz CT molecular complexity index is 896. The van der Waals surface area contributed by atoms with Crippen molar-refractivity contribution in [3.05, 3.63) is 41.4 Å². The number of hydrogen-bond donors (Lipinski definition) is 0. The van der Waals surface area contributed by atoms with Gasteiger partial charge in [-0.25, -0.2) is 4.79 Å². The summed E-state index contributed by atoms with van der Waals surface area (Å²) >= 11 is 6.18. The van der Waals surface area contributed by atoms with Gasteiger partial charge in [0, 0.05) is 22.4 Å². The molecule has 1 aromatic rings. The van der Waals surface area contributed by atoms with Crippen LogP contribution >= 0.6 is 11.6 Å². The van der Waals surface area contributed by atoms with Crippen LogP contribution in [0.25, 0.3) is 0 Å². The Balaban J connectivity index is 1.39. The summed E-state index contributed by atoms with van der Waals surface area (Å²) in [6.45, 7) is 9.51. The fraction of sp³-hybridized carbons (Fsp3) is 0.667. The van der Waals surface area contributed by atoms with Crippen LogP contribution in [0.4, 0.5) is 0 Å². The molecule has 1 aromatic carbocycles. The maximum Gasteiger partial charge on any atom is 0.330 e. The predicted molar refractivity (Wildman–Crippen MR) is 123 cm³/mol. The summed E-state index contributed by atoms with van der Waals surface area (Å²) in [5.41, 5.74) is 0.277. The number of carbonyl (C=O) groups is 1.